The molecule has 21 heavy (non-hydrogen) atoms. The molecule has 0 aliphatic carbocycles. The minimum absolute atomic E-state index is 0.0215. The van der Waals surface area contributed by atoms with Gasteiger partial charge in [-0.05, 0) is 52.8 Å². The summed E-state index contributed by atoms with van der Waals surface area (Å²) in [7, 11) is 0. The Morgan fingerprint density at radius 1 is 1.38 bits per heavy atom. The molecular weight excluding hydrogens is 290 g/mol. The van der Waals surface area contributed by atoms with Gasteiger partial charge in [-0.25, -0.2) is 4.79 Å². The molecule has 0 saturated carbocycles. The summed E-state index contributed by atoms with van der Waals surface area (Å²) in [5, 5.41) is 4.01. The Morgan fingerprint density at radius 2 is 2.05 bits per heavy atom. The van der Waals surface area contributed by atoms with Gasteiger partial charge in [0.25, 0.3) is 0 Å². The molecule has 0 aliphatic heterocycles. The van der Waals surface area contributed by atoms with Gasteiger partial charge in [-0.15, -0.1) is 0 Å². The number of carbonyl (C=O) groups is 1. The van der Waals surface area contributed by atoms with E-state index < -0.39 is 6.10 Å². The van der Waals surface area contributed by atoms with Crippen molar-refractivity contribution in [3.63, 3.8) is 0 Å². The average Bonchev–Trinajstić information content (AvgIpc) is 2.38. The maximum absolute atomic E-state index is 11.7. The van der Waals surface area contributed by atoms with Crippen LogP contribution in [0.15, 0.2) is 18.2 Å². The highest BCUT2D eigenvalue weighted by atomic mass is 35.5. The quantitative estimate of drug-likeness (QED) is 0.816. The largest absolute Gasteiger partial charge is 0.479 e. The van der Waals surface area contributed by atoms with Crippen LogP contribution in [0.3, 0.4) is 0 Å². The third-order valence-electron chi connectivity index (χ3n) is 2.75. The summed E-state index contributed by atoms with van der Waals surface area (Å²) in [6, 6.07) is 5.36. The van der Waals surface area contributed by atoms with Crippen molar-refractivity contribution in [2.24, 2.45) is 0 Å². The summed E-state index contributed by atoms with van der Waals surface area (Å²) in [4.78, 5) is 11.7. The van der Waals surface area contributed by atoms with Crippen molar-refractivity contribution in [2.45, 2.75) is 52.8 Å². The molecule has 0 spiro atoms. The van der Waals surface area contributed by atoms with Gasteiger partial charge in [0.2, 0.25) is 0 Å². The maximum Gasteiger partial charge on any atom is 0.347 e. The molecule has 0 heterocycles. The Balaban J connectivity index is 2.83. The fourth-order valence-electron chi connectivity index (χ4n) is 1.66. The van der Waals surface area contributed by atoms with Crippen LogP contribution in [0, 0.1) is 0 Å². The first-order valence-electron chi connectivity index (χ1n) is 7.09. The topological polar surface area (TPSA) is 47.6 Å². The van der Waals surface area contributed by atoms with Crippen LogP contribution >= 0.6 is 11.6 Å². The van der Waals surface area contributed by atoms with Crippen molar-refractivity contribution < 1.29 is 14.3 Å². The molecule has 0 bridgehead atoms. The Bertz CT molecular complexity index is 483. The number of esters is 1. The fourth-order valence-corrected chi connectivity index (χ4v) is 1.85. The number of rotatable bonds is 6. The van der Waals surface area contributed by atoms with Crippen LogP contribution in [0.2, 0.25) is 5.02 Å². The molecule has 0 fully saturated rings. The van der Waals surface area contributed by atoms with E-state index >= 15 is 0 Å². The number of hydrogen-bond acceptors (Lipinski definition) is 4. The molecule has 0 aromatic heterocycles. The predicted molar refractivity (Wildman–Crippen MR) is 84.8 cm³/mol. The highest BCUT2D eigenvalue weighted by Gasteiger charge is 2.18. The van der Waals surface area contributed by atoms with Gasteiger partial charge >= 0.3 is 5.97 Å². The SMILES string of the molecule is CCOC(=O)C(C)Oc1ccc(Cl)cc1CNC(C)(C)C. The molecule has 118 valence electrons. The van der Waals surface area contributed by atoms with Crippen molar-refractivity contribution in [2.75, 3.05) is 6.61 Å². The van der Waals surface area contributed by atoms with Crippen molar-refractivity contribution in [3.8, 4) is 5.75 Å². The lowest BCUT2D eigenvalue weighted by Gasteiger charge is -2.22. The zero-order valence-electron chi connectivity index (χ0n) is 13.3. The molecule has 0 saturated heterocycles. The minimum atomic E-state index is -0.653. The Morgan fingerprint density at radius 3 is 2.62 bits per heavy atom. The lowest BCUT2D eigenvalue weighted by atomic mass is 10.1. The van der Waals surface area contributed by atoms with Gasteiger partial charge in [0.05, 0.1) is 6.61 Å². The van der Waals surface area contributed by atoms with Crippen LogP contribution in [-0.2, 0) is 16.1 Å². The zero-order chi connectivity index (χ0) is 16.0. The van der Waals surface area contributed by atoms with Crippen molar-refractivity contribution >= 4 is 17.6 Å². The average molecular weight is 314 g/mol. The number of carbonyl (C=O) groups excluding carboxylic acids is 1. The van der Waals surface area contributed by atoms with Gasteiger partial charge in [-0.3, -0.25) is 0 Å². The molecular formula is C16H24ClNO3. The van der Waals surface area contributed by atoms with E-state index in [2.05, 4.69) is 26.1 Å². The Kier molecular flexibility index (Phi) is 6.49. The first-order chi connectivity index (χ1) is 9.73. The van der Waals surface area contributed by atoms with Gasteiger partial charge in [0.1, 0.15) is 5.75 Å². The maximum atomic E-state index is 11.7. The molecule has 1 N–H and O–H groups in total. The summed E-state index contributed by atoms with van der Waals surface area (Å²) >= 11 is 6.04. The van der Waals surface area contributed by atoms with Crippen molar-refractivity contribution in [1.82, 2.24) is 5.32 Å². The van der Waals surface area contributed by atoms with Crippen LogP contribution in [0.5, 0.6) is 5.75 Å². The standard InChI is InChI=1S/C16H24ClNO3/c1-6-20-15(19)11(2)21-14-8-7-13(17)9-12(14)10-18-16(3,4)5/h7-9,11,18H,6,10H2,1-5H3. The first-order valence-corrected chi connectivity index (χ1v) is 7.47. The number of benzene rings is 1. The van der Waals surface area contributed by atoms with E-state index in [9.17, 15) is 4.79 Å². The lowest BCUT2D eigenvalue weighted by molar-refractivity contribution is -0.150. The minimum Gasteiger partial charge on any atom is -0.479 e. The van der Waals surface area contributed by atoms with Gasteiger partial charge in [0.15, 0.2) is 6.10 Å². The zero-order valence-corrected chi connectivity index (χ0v) is 14.1. The summed E-state index contributed by atoms with van der Waals surface area (Å²) in [5.74, 6) is 0.263. The molecule has 0 amide bonds. The van der Waals surface area contributed by atoms with E-state index in [1.165, 1.54) is 0 Å². The third kappa shape index (κ3) is 6.36. The second-order valence-corrected chi connectivity index (χ2v) is 6.30. The fraction of sp³-hybridized carbons (Fsp3) is 0.562. The highest BCUT2D eigenvalue weighted by Crippen LogP contribution is 2.24. The molecule has 0 radical (unpaired) electrons. The second-order valence-electron chi connectivity index (χ2n) is 5.87. The van der Waals surface area contributed by atoms with Crippen molar-refractivity contribution in [3.05, 3.63) is 28.8 Å². The molecule has 5 heteroatoms. The van der Waals surface area contributed by atoms with E-state index in [4.69, 9.17) is 21.1 Å². The number of ether oxygens (including phenoxy) is 2. The van der Waals surface area contributed by atoms with Crippen LogP contribution in [0.1, 0.15) is 40.2 Å². The van der Waals surface area contributed by atoms with Crippen molar-refractivity contribution in [1.29, 1.82) is 0 Å². The van der Waals surface area contributed by atoms with E-state index in [-0.39, 0.29) is 11.5 Å². The van der Waals surface area contributed by atoms with E-state index in [1.54, 1.807) is 26.0 Å². The molecule has 1 rings (SSSR count). The predicted octanol–water partition coefficient (Wildman–Crippen LogP) is 3.56. The summed E-state index contributed by atoms with van der Waals surface area (Å²) in [5.41, 5.74) is 0.889. The van der Waals surface area contributed by atoms with E-state index in [1.807, 2.05) is 6.07 Å². The summed E-state index contributed by atoms with van der Waals surface area (Å²) in [6.07, 6.45) is -0.653. The summed E-state index contributed by atoms with van der Waals surface area (Å²) in [6.45, 7) is 10.6. The Labute approximate surface area is 131 Å². The van der Waals surface area contributed by atoms with Crippen LogP contribution in [-0.4, -0.2) is 24.2 Å². The van der Waals surface area contributed by atoms with Crippen LogP contribution < -0.4 is 10.1 Å². The molecule has 0 aliphatic rings. The molecule has 1 unspecified atom stereocenters. The van der Waals surface area contributed by atoms with E-state index in [0.29, 0.717) is 23.9 Å². The van der Waals surface area contributed by atoms with Gasteiger partial charge in [-0.1, -0.05) is 11.6 Å². The van der Waals surface area contributed by atoms with Gasteiger partial charge < -0.3 is 14.8 Å². The van der Waals surface area contributed by atoms with Gasteiger partial charge in [-0.2, -0.15) is 0 Å². The molecule has 1 aromatic rings. The highest BCUT2D eigenvalue weighted by molar-refractivity contribution is 6.30. The van der Waals surface area contributed by atoms with Gasteiger partial charge in [0, 0.05) is 22.7 Å². The number of nitrogens with one attached hydrogen (secondary N) is 1. The smallest absolute Gasteiger partial charge is 0.347 e. The number of hydrogen-bond donors (Lipinski definition) is 1. The Hall–Kier alpha value is -1.26. The first kappa shape index (κ1) is 17.8. The molecule has 4 nitrogen and oxygen atoms in total. The van der Waals surface area contributed by atoms with Crippen LogP contribution in [0.4, 0.5) is 0 Å². The second kappa shape index (κ2) is 7.66. The van der Waals surface area contributed by atoms with Crippen LogP contribution in [0.25, 0.3) is 0 Å². The molecule has 1 aromatic carbocycles. The number of halogens is 1. The lowest BCUT2D eigenvalue weighted by Crippen LogP contribution is -2.35. The van der Waals surface area contributed by atoms with E-state index in [0.717, 1.165) is 5.56 Å². The third-order valence-corrected chi connectivity index (χ3v) is 2.99. The normalized spacial score (nSPS) is 12.9. The molecule has 1 atom stereocenters. The summed E-state index contributed by atoms with van der Waals surface area (Å²) < 4.78 is 10.7. The monoisotopic (exact) mass is 313 g/mol.